The second-order valence-corrected chi connectivity index (χ2v) is 5.66. The van der Waals surface area contributed by atoms with Gasteiger partial charge < -0.3 is 19.3 Å². The zero-order chi connectivity index (χ0) is 18.1. The van der Waals surface area contributed by atoms with Crippen molar-refractivity contribution in [2.75, 3.05) is 20.3 Å². The average molecular weight is 352 g/mol. The van der Waals surface area contributed by atoms with E-state index >= 15 is 0 Å². The normalized spacial score (nSPS) is 12.7. The van der Waals surface area contributed by atoms with Crippen molar-refractivity contribution in [3.05, 3.63) is 54.2 Å². The van der Waals surface area contributed by atoms with Crippen LogP contribution in [0.5, 0.6) is 17.2 Å². The van der Waals surface area contributed by atoms with E-state index in [0.717, 1.165) is 5.56 Å². The van der Waals surface area contributed by atoms with Gasteiger partial charge in [-0.15, -0.1) is 0 Å². The van der Waals surface area contributed by atoms with Gasteiger partial charge in [0, 0.05) is 5.56 Å². The second-order valence-electron chi connectivity index (χ2n) is 5.66. The zero-order valence-electron chi connectivity index (χ0n) is 14.0. The lowest BCUT2D eigenvalue weighted by Gasteiger charge is -2.18. The number of rotatable bonds is 4. The Labute approximate surface area is 149 Å². The molecule has 0 aliphatic carbocycles. The molecule has 0 radical (unpaired) electrons. The first-order valence-electron chi connectivity index (χ1n) is 8.04. The van der Waals surface area contributed by atoms with Crippen molar-refractivity contribution in [3.8, 4) is 34.2 Å². The molecule has 0 atom stereocenters. The molecule has 132 valence electrons. The van der Waals surface area contributed by atoms with E-state index in [2.05, 4.69) is 5.10 Å². The van der Waals surface area contributed by atoms with Gasteiger partial charge in [-0.1, -0.05) is 12.1 Å². The molecule has 2 aromatic carbocycles. The van der Waals surface area contributed by atoms with Crippen LogP contribution in [0.3, 0.4) is 0 Å². The van der Waals surface area contributed by atoms with Gasteiger partial charge in [0.05, 0.1) is 12.8 Å². The van der Waals surface area contributed by atoms with Crippen molar-refractivity contribution >= 4 is 5.97 Å². The quantitative estimate of drug-likeness (QED) is 0.777. The number of aromatic carboxylic acids is 1. The first-order chi connectivity index (χ1) is 12.7. The van der Waals surface area contributed by atoms with Gasteiger partial charge in [-0.2, -0.15) is 5.10 Å². The molecule has 0 saturated heterocycles. The molecule has 0 unspecified atom stereocenters. The Morgan fingerprint density at radius 3 is 2.65 bits per heavy atom. The number of hydrogen-bond donors (Lipinski definition) is 1. The summed E-state index contributed by atoms with van der Waals surface area (Å²) in [5, 5.41) is 14.1. The van der Waals surface area contributed by atoms with Crippen LogP contribution in [-0.4, -0.2) is 41.2 Å². The smallest absolute Gasteiger partial charge is 0.354 e. The third-order valence-electron chi connectivity index (χ3n) is 4.08. The molecule has 0 spiro atoms. The molecule has 1 N–H and O–H groups in total. The molecule has 4 rings (SSSR count). The number of fused-ring (bicyclic) bond motifs is 1. The molecule has 0 fully saturated rings. The first-order valence-corrected chi connectivity index (χ1v) is 8.04. The van der Waals surface area contributed by atoms with Gasteiger partial charge in [0.25, 0.3) is 0 Å². The number of methoxy groups -OCH3 is 1. The molecule has 1 aliphatic rings. The van der Waals surface area contributed by atoms with Gasteiger partial charge in [-0.25, -0.2) is 9.48 Å². The van der Waals surface area contributed by atoms with Gasteiger partial charge in [-0.05, 0) is 36.4 Å². The fourth-order valence-electron chi connectivity index (χ4n) is 2.87. The number of aromatic nitrogens is 2. The highest BCUT2D eigenvalue weighted by Gasteiger charge is 2.20. The van der Waals surface area contributed by atoms with Gasteiger partial charge in [0.2, 0.25) is 0 Å². The van der Waals surface area contributed by atoms with Crippen molar-refractivity contribution in [1.82, 2.24) is 9.78 Å². The van der Waals surface area contributed by atoms with Gasteiger partial charge in [0.15, 0.2) is 17.2 Å². The van der Waals surface area contributed by atoms with E-state index in [0.29, 0.717) is 41.8 Å². The molecule has 1 aliphatic heterocycles. The molecule has 3 aromatic rings. The summed E-state index contributed by atoms with van der Waals surface area (Å²) in [6, 6.07) is 14.1. The third kappa shape index (κ3) is 2.73. The van der Waals surface area contributed by atoms with Crippen molar-refractivity contribution in [3.63, 3.8) is 0 Å². The lowest BCUT2D eigenvalue weighted by molar-refractivity contribution is 0.0687. The Hall–Kier alpha value is -3.48. The standard InChI is InChI=1S/C19H16N2O5/c1-24-16-5-3-2-4-14(16)21-15(19(22)23)11-13(20-21)12-6-7-17-18(10-12)26-9-8-25-17/h2-7,10-11H,8-9H2,1H3,(H,22,23). The monoisotopic (exact) mass is 352 g/mol. The predicted octanol–water partition coefficient (Wildman–Crippen LogP) is 3.02. The second kappa shape index (κ2) is 6.44. The number of hydrogen-bond acceptors (Lipinski definition) is 5. The molecule has 1 aromatic heterocycles. The zero-order valence-corrected chi connectivity index (χ0v) is 14.0. The Kier molecular flexibility index (Phi) is 3.96. The van der Waals surface area contributed by atoms with Crippen LogP contribution in [0.25, 0.3) is 16.9 Å². The minimum Gasteiger partial charge on any atom is -0.494 e. The predicted molar refractivity (Wildman–Crippen MR) is 93.5 cm³/mol. The van der Waals surface area contributed by atoms with Crippen LogP contribution in [0.2, 0.25) is 0 Å². The molecular weight excluding hydrogens is 336 g/mol. The summed E-state index contributed by atoms with van der Waals surface area (Å²) < 4.78 is 17.8. The lowest BCUT2D eigenvalue weighted by atomic mass is 10.1. The lowest BCUT2D eigenvalue weighted by Crippen LogP contribution is -2.15. The molecule has 0 bridgehead atoms. The SMILES string of the molecule is COc1ccccc1-n1nc(-c2ccc3c(c2)OCCO3)cc1C(=O)O. The Bertz CT molecular complexity index is 980. The maximum Gasteiger partial charge on any atom is 0.354 e. The number of carbonyl (C=O) groups is 1. The minimum atomic E-state index is -1.08. The van der Waals surface area contributed by atoms with Crippen LogP contribution in [0.15, 0.2) is 48.5 Å². The highest BCUT2D eigenvalue weighted by Crippen LogP contribution is 2.35. The van der Waals surface area contributed by atoms with Crippen LogP contribution in [0, 0.1) is 0 Å². The van der Waals surface area contributed by atoms with Crippen LogP contribution in [0.4, 0.5) is 0 Å². The topological polar surface area (TPSA) is 82.8 Å². The number of ether oxygens (including phenoxy) is 3. The van der Waals surface area contributed by atoms with Gasteiger partial charge in [-0.3, -0.25) is 0 Å². The molecule has 2 heterocycles. The van der Waals surface area contributed by atoms with E-state index in [9.17, 15) is 9.90 Å². The molecule has 0 saturated carbocycles. The number of carboxylic acids is 1. The fraction of sp³-hybridized carbons (Fsp3) is 0.158. The van der Waals surface area contributed by atoms with E-state index in [4.69, 9.17) is 14.2 Å². The van der Waals surface area contributed by atoms with Crippen molar-refractivity contribution in [1.29, 1.82) is 0 Å². The summed E-state index contributed by atoms with van der Waals surface area (Å²) in [6.45, 7) is 0.990. The molecule has 7 nitrogen and oxygen atoms in total. The van der Waals surface area contributed by atoms with Crippen molar-refractivity contribution in [2.45, 2.75) is 0 Å². The Balaban J connectivity index is 1.83. The molecule has 26 heavy (non-hydrogen) atoms. The number of para-hydroxylation sites is 2. The van der Waals surface area contributed by atoms with E-state index < -0.39 is 5.97 Å². The maximum atomic E-state index is 11.7. The minimum absolute atomic E-state index is 0.0411. The Morgan fingerprint density at radius 2 is 1.88 bits per heavy atom. The van der Waals surface area contributed by atoms with Crippen LogP contribution < -0.4 is 14.2 Å². The summed E-state index contributed by atoms with van der Waals surface area (Å²) >= 11 is 0. The van der Waals surface area contributed by atoms with E-state index in [1.807, 2.05) is 12.1 Å². The summed E-state index contributed by atoms with van der Waals surface area (Å²) in [7, 11) is 1.53. The largest absolute Gasteiger partial charge is 0.494 e. The summed E-state index contributed by atoms with van der Waals surface area (Å²) in [5.74, 6) is 0.749. The van der Waals surface area contributed by atoms with Crippen molar-refractivity contribution < 1.29 is 24.1 Å². The molecule has 7 heteroatoms. The van der Waals surface area contributed by atoms with Crippen LogP contribution in [-0.2, 0) is 0 Å². The van der Waals surface area contributed by atoms with Crippen LogP contribution >= 0.6 is 0 Å². The molecule has 0 amide bonds. The van der Waals surface area contributed by atoms with Gasteiger partial charge >= 0.3 is 5.97 Å². The third-order valence-corrected chi connectivity index (χ3v) is 4.08. The highest BCUT2D eigenvalue weighted by atomic mass is 16.6. The van der Waals surface area contributed by atoms with E-state index in [1.165, 1.54) is 17.9 Å². The van der Waals surface area contributed by atoms with Crippen LogP contribution in [0.1, 0.15) is 10.5 Å². The summed E-state index contributed by atoms with van der Waals surface area (Å²) in [6.07, 6.45) is 0. The Morgan fingerprint density at radius 1 is 1.12 bits per heavy atom. The number of benzene rings is 2. The number of nitrogens with zero attached hydrogens (tertiary/aromatic N) is 2. The average Bonchev–Trinajstić information content (AvgIpc) is 3.13. The van der Waals surface area contributed by atoms with Crippen molar-refractivity contribution in [2.24, 2.45) is 0 Å². The van der Waals surface area contributed by atoms with E-state index in [-0.39, 0.29) is 5.69 Å². The highest BCUT2D eigenvalue weighted by molar-refractivity contribution is 5.88. The first kappa shape index (κ1) is 16.0. The molecular formula is C19H16N2O5. The summed E-state index contributed by atoms with van der Waals surface area (Å²) in [5.41, 5.74) is 1.85. The fourth-order valence-corrected chi connectivity index (χ4v) is 2.87. The number of carboxylic acid groups (broad SMARTS) is 1. The summed E-state index contributed by atoms with van der Waals surface area (Å²) in [4.78, 5) is 11.7. The van der Waals surface area contributed by atoms with Gasteiger partial charge in [0.1, 0.15) is 24.7 Å². The van der Waals surface area contributed by atoms with E-state index in [1.54, 1.807) is 30.3 Å². The maximum absolute atomic E-state index is 11.7.